The van der Waals surface area contributed by atoms with Crippen molar-refractivity contribution in [3.05, 3.63) is 88.6 Å². The number of halogens is 2. The van der Waals surface area contributed by atoms with E-state index < -0.39 is 0 Å². The van der Waals surface area contributed by atoms with Crippen LogP contribution in [0, 0.1) is 5.82 Å². The van der Waals surface area contributed by atoms with Crippen LogP contribution >= 0.6 is 15.9 Å². The van der Waals surface area contributed by atoms with Crippen LogP contribution in [0.5, 0.6) is 11.5 Å². The Kier molecular flexibility index (Phi) is 5.46. The van der Waals surface area contributed by atoms with E-state index in [1.807, 2.05) is 24.3 Å². The molecule has 0 saturated heterocycles. The summed E-state index contributed by atoms with van der Waals surface area (Å²) in [4.78, 5) is 12.0. The number of benzene rings is 3. The van der Waals surface area contributed by atoms with Gasteiger partial charge in [-0.05, 0) is 60.2 Å². The molecule has 0 heterocycles. The van der Waals surface area contributed by atoms with Gasteiger partial charge in [0.25, 0.3) is 0 Å². The summed E-state index contributed by atoms with van der Waals surface area (Å²) in [5.41, 5.74) is 1.000. The van der Waals surface area contributed by atoms with Gasteiger partial charge in [0, 0.05) is 10.2 Å². The van der Waals surface area contributed by atoms with Crippen molar-refractivity contribution in [1.29, 1.82) is 0 Å². The third-order valence-electron chi connectivity index (χ3n) is 3.50. The zero-order valence-corrected chi connectivity index (χ0v) is 14.8. The van der Waals surface area contributed by atoms with E-state index in [0.29, 0.717) is 17.0 Å². The zero-order chi connectivity index (χ0) is 17.6. The quantitative estimate of drug-likeness (QED) is 0.609. The minimum atomic E-state index is -0.379. The molecular formula is C20H15BrFNO2. The van der Waals surface area contributed by atoms with Crippen LogP contribution in [0.4, 0.5) is 10.1 Å². The summed E-state index contributed by atoms with van der Waals surface area (Å²) in [6.07, 6.45) is -0.0101. The SMILES string of the molecule is O=C(Cc1ccccc1F)Nc1ccc(Oc2ccc(Br)cc2)cc1. The second kappa shape index (κ2) is 7.94. The summed E-state index contributed by atoms with van der Waals surface area (Å²) in [5.74, 6) is 0.733. The number of hydrogen-bond donors (Lipinski definition) is 1. The first-order chi connectivity index (χ1) is 12.1. The molecule has 3 aromatic rings. The van der Waals surface area contributed by atoms with Gasteiger partial charge in [0.15, 0.2) is 0 Å². The molecule has 25 heavy (non-hydrogen) atoms. The molecule has 0 radical (unpaired) electrons. The van der Waals surface area contributed by atoms with Gasteiger partial charge in [0.05, 0.1) is 6.42 Å². The highest BCUT2D eigenvalue weighted by Crippen LogP contribution is 2.24. The van der Waals surface area contributed by atoms with E-state index in [-0.39, 0.29) is 18.1 Å². The van der Waals surface area contributed by atoms with Gasteiger partial charge in [-0.25, -0.2) is 4.39 Å². The van der Waals surface area contributed by atoms with Crippen LogP contribution in [0.3, 0.4) is 0 Å². The first-order valence-corrected chi connectivity index (χ1v) is 8.46. The van der Waals surface area contributed by atoms with Crippen molar-refractivity contribution in [2.45, 2.75) is 6.42 Å². The molecule has 0 aliphatic rings. The first-order valence-electron chi connectivity index (χ1n) is 7.67. The van der Waals surface area contributed by atoms with E-state index in [9.17, 15) is 9.18 Å². The number of hydrogen-bond acceptors (Lipinski definition) is 2. The van der Waals surface area contributed by atoms with Crippen molar-refractivity contribution in [3.63, 3.8) is 0 Å². The van der Waals surface area contributed by atoms with E-state index >= 15 is 0 Å². The Balaban J connectivity index is 1.59. The standard InChI is InChI=1S/C20H15BrFNO2/c21-15-5-9-17(10-6-15)25-18-11-7-16(8-12-18)23-20(24)13-14-3-1-2-4-19(14)22/h1-12H,13H2,(H,23,24). The number of carbonyl (C=O) groups excluding carboxylic acids is 1. The fourth-order valence-corrected chi connectivity index (χ4v) is 2.53. The lowest BCUT2D eigenvalue weighted by atomic mass is 10.1. The lowest BCUT2D eigenvalue weighted by molar-refractivity contribution is -0.115. The zero-order valence-electron chi connectivity index (χ0n) is 13.2. The molecule has 3 rings (SSSR count). The van der Waals surface area contributed by atoms with E-state index in [2.05, 4.69) is 21.2 Å². The van der Waals surface area contributed by atoms with Crippen LogP contribution in [0.2, 0.25) is 0 Å². The Morgan fingerprint density at radius 1 is 0.920 bits per heavy atom. The molecule has 0 fully saturated rings. The monoisotopic (exact) mass is 399 g/mol. The van der Waals surface area contributed by atoms with Crippen LogP contribution in [0.1, 0.15) is 5.56 Å². The Labute approximate surface area is 153 Å². The third-order valence-corrected chi connectivity index (χ3v) is 4.02. The highest BCUT2D eigenvalue weighted by atomic mass is 79.9. The van der Waals surface area contributed by atoms with Crippen LogP contribution in [-0.2, 0) is 11.2 Å². The summed E-state index contributed by atoms with van der Waals surface area (Å²) in [6, 6.07) is 20.8. The molecule has 0 aliphatic carbocycles. The average molecular weight is 400 g/mol. The van der Waals surface area contributed by atoms with Crippen molar-refractivity contribution in [1.82, 2.24) is 0 Å². The molecule has 3 nitrogen and oxygen atoms in total. The number of nitrogens with one attached hydrogen (secondary N) is 1. The lowest BCUT2D eigenvalue weighted by Crippen LogP contribution is -2.15. The molecule has 0 saturated carbocycles. The first kappa shape index (κ1) is 17.2. The van der Waals surface area contributed by atoms with Gasteiger partial charge in [-0.3, -0.25) is 4.79 Å². The van der Waals surface area contributed by atoms with Gasteiger partial charge in [-0.15, -0.1) is 0 Å². The molecule has 1 amide bonds. The molecule has 0 bridgehead atoms. The number of ether oxygens (including phenoxy) is 1. The smallest absolute Gasteiger partial charge is 0.228 e. The highest BCUT2D eigenvalue weighted by Gasteiger charge is 2.08. The van der Waals surface area contributed by atoms with Crippen LogP contribution < -0.4 is 10.1 Å². The van der Waals surface area contributed by atoms with Gasteiger partial charge in [0.2, 0.25) is 5.91 Å². The predicted molar refractivity (Wildman–Crippen MR) is 99.4 cm³/mol. The van der Waals surface area contributed by atoms with Gasteiger partial charge in [-0.1, -0.05) is 34.1 Å². The summed E-state index contributed by atoms with van der Waals surface area (Å²) >= 11 is 3.37. The van der Waals surface area contributed by atoms with Gasteiger partial charge in [0.1, 0.15) is 17.3 Å². The van der Waals surface area contributed by atoms with Crippen LogP contribution in [-0.4, -0.2) is 5.91 Å². The number of carbonyl (C=O) groups is 1. The topological polar surface area (TPSA) is 38.3 Å². The van der Waals surface area contributed by atoms with Gasteiger partial charge < -0.3 is 10.1 Å². The predicted octanol–water partition coefficient (Wildman–Crippen LogP) is 5.56. The van der Waals surface area contributed by atoms with Gasteiger partial charge in [-0.2, -0.15) is 0 Å². The van der Waals surface area contributed by atoms with Gasteiger partial charge >= 0.3 is 0 Å². The molecule has 0 atom stereocenters. The molecule has 0 unspecified atom stereocenters. The minimum Gasteiger partial charge on any atom is -0.457 e. The van der Waals surface area contributed by atoms with Crippen LogP contribution in [0.25, 0.3) is 0 Å². The van der Waals surface area contributed by atoms with Crippen LogP contribution in [0.15, 0.2) is 77.3 Å². The Morgan fingerprint density at radius 3 is 2.16 bits per heavy atom. The lowest BCUT2D eigenvalue weighted by Gasteiger charge is -2.08. The summed E-state index contributed by atoms with van der Waals surface area (Å²) in [6.45, 7) is 0. The Bertz CT molecular complexity index is 864. The van der Waals surface area contributed by atoms with E-state index in [1.54, 1.807) is 42.5 Å². The fourth-order valence-electron chi connectivity index (χ4n) is 2.26. The van der Waals surface area contributed by atoms with Crippen molar-refractivity contribution >= 4 is 27.5 Å². The largest absolute Gasteiger partial charge is 0.457 e. The van der Waals surface area contributed by atoms with Crippen molar-refractivity contribution in [2.24, 2.45) is 0 Å². The van der Waals surface area contributed by atoms with E-state index in [4.69, 9.17) is 4.74 Å². The molecular weight excluding hydrogens is 385 g/mol. The Morgan fingerprint density at radius 2 is 1.52 bits per heavy atom. The molecule has 5 heteroatoms. The second-order valence-electron chi connectivity index (χ2n) is 5.40. The third kappa shape index (κ3) is 4.90. The summed E-state index contributed by atoms with van der Waals surface area (Å²) in [5, 5.41) is 2.75. The average Bonchev–Trinajstić information content (AvgIpc) is 2.61. The summed E-state index contributed by atoms with van der Waals surface area (Å²) < 4.78 is 20.3. The maximum Gasteiger partial charge on any atom is 0.228 e. The fraction of sp³-hybridized carbons (Fsp3) is 0.0500. The van der Waals surface area contributed by atoms with Crippen molar-refractivity contribution < 1.29 is 13.9 Å². The second-order valence-corrected chi connectivity index (χ2v) is 6.31. The maximum absolute atomic E-state index is 13.6. The summed E-state index contributed by atoms with van der Waals surface area (Å²) in [7, 11) is 0. The van der Waals surface area contributed by atoms with Crippen molar-refractivity contribution in [3.8, 4) is 11.5 Å². The molecule has 126 valence electrons. The molecule has 0 spiro atoms. The van der Waals surface area contributed by atoms with Crippen molar-refractivity contribution in [2.75, 3.05) is 5.32 Å². The number of anilines is 1. The normalized spacial score (nSPS) is 10.3. The molecule has 3 aromatic carbocycles. The molecule has 0 aliphatic heterocycles. The number of amides is 1. The number of rotatable bonds is 5. The molecule has 1 N–H and O–H groups in total. The molecule has 0 aromatic heterocycles. The Hall–Kier alpha value is -2.66. The highest BCUT2D eigenvalue weighted by molar-refractivity contribution is 9.10. The maximum atomic E-state index is 13.6. The minimum absolute atomic E-state index is 0.0101. The van der Waals surface area contributed by atoms with E-state index in [0.717, 1.165) is 10.2 Å². The van der Waals surface area contributed by atoms with E-state index in [1.165, 1.54) is 6.07 Å².